The summed E-state index contributed by atoms with van der Waals surface area (Å²) in [6, 6.07) is 57.4. The van der Waals surface area contributed by atoms with Gasteiger partial charge in [0.2, 0.25) is 0 Å². The third-order valence-corrected chi connectivity index (χ3v) is 8.20. The van der Waals surface area contributed by atoms with Gasteiger partial charge in [0, 0.05) is 0 Å². The highest BCUT2D eigenvalue weighted by Crippen LogP contribution is 2.48. The van der Waals surface area contributed by atoms with Crippen LogP contribution in [0.3, 0.4) is 0 Å². The van der Waals surface area contributed by atoms with E-state index in [1.165, 1.54) is 76.8 Å². The Balaban J connectivity index is 1.55. The van der Waals surface area contributed by atoms with Crippen LogP contribution in [-0.2, 0) is 0 Å². The standard InChI is InChI=1S/C40H26/c1-5-13-27(14-6-1)35-25-31-21-24-34-38(30-19-11-4-12-20-30)36(28-15-7-2-8-16-28)26-32-22-23-33(39(31)40(32)34)37(35)29-17-9-3-10-18-29/h1-26H. The topological polar surface area (TPSA) is 0 Å². The predicted octanol–water partition coefficient (Wildman–Crippen LogP) is 11.3. The number of benzene rings is 8. The monoisotopic (exact) mass is 506 g/mol. The van der Waals surface area contributed by atoms with E-state index < -0.39 is 0 Å². The van der Waals surface area contributed by atoms with Crippen LogP contribution < -0.4 is 0 Å². The molecule has 0 aromatic heterocycles. The lowest BCUT2D eigenvalue weighted by molar-refractivity contribution is 1.61. The van der Waals surface area contributed by atoms with Gasteiger partial charge in [-0.25, -0.2) is 0 Å². The second-order valence-electron chi connectivity index (χ2n) is 10.5. The molecule has 0 atom stereocenters. The average Bonchev–Trinajstić information content (AvgIpc) is 3.04. The summed E-state index contributed by atoms with van der Waals surface area (Å²) < 4.78 is 0. The van der Waals surface area contributed by atoms with Gasteiger partial charge in [-0.05, 0) is 89.0 Å². The zero-order valence-electron chi connectivity index (χ0n) is 22.0. The largest absolute Gasteiger partial charge is 0.0622 e. The van der Waals surface area contributed by atoms with Crippen molar-refractivity contribution in [1.82, 2.24) is 0 Å². The minimum atomic E-state index is 1.24. The molecule has 0 unspecified atom stereocenters. The molecule has 0 aliphatic rings. The first-order valence-corrected chi connectivity index (χ1v) is 13.9. The summed E-state index contributed by atoms with van der Waals surface area (Å²) >= 11 is 0. The van der Waals surface area contributed by atoms with Gasteiger partial charge in [-0.3, -0.25) is 0 Å². The highest BCUT2D eigenvalue weighted by Gasteiger charge is 2.20. The summed E-state index contributed by atoms with van der Waals surface area (Å²) in [4.78, 5) is 0. The van der Waals surface area contributed by atoms with Crippen molar-refractivity contribution in [2.24, 2.45) is 0 Å². The van der Waals surface area contributed by atoms with Gasteiger partial charge < -0.3 is 0 Å². The number of rotatable bonds is 4. The molecule has 0 aliphatic carbocycles. The molecule has 0 fully saturated rings. The molecule has 8 aromatic carbocycles. The van der Waals surface area contributed by atoms with Crippen LogP contribution in [-0.4, -0.2) is 0 Å². The van der Waals surface area contributed by atoms with E-state index >= 15 is 0 Å². The van der Waals surface area contributed by atoms with Gasteiger partial charge in [-0.2, -0.15) is 0 Å². The van der Waals surface area contributed by atoms with Gasteiger partial charge in [-0.15, -0.1) is 0 Å². The van der Waals surface area contributed by atoms with E-state index in [1.54, 1.807) is 0 Å². The Morgan fingerprint density at radius 2 is 0.600 bits per heavy atom. The van der Waals surface area contributed by atoms with Crippen LogP contribution in [0.4, 0.5) is 0 Å². The van der Waals surface area contributed by atoms with Crippen LogP contribution in [0.5, 0.6) is 0 Å². The summed E-state index contributed by atoms with van der Waals surface area (Å²) in [6.45, 7) is 0. The zero-order chi connectivity index (χ0) is 26.5. The van der Waals surface area contributed by atoms with Crippen molar-refractivity contribution in [2.45, 2.75) is 0 Å². The molecule has 0 bridgehead atoms. The van der Waals surface area contributed by atoms with Crippen molar-refractivity contribution in [2.75, 3.05) is 0 Å². The Bertz CT molecular complexity index is 1950. The Morgan fingerprint density at radius 1 is 0.275 bits per heavy atom. The van der Waals surface area contributed by atoms with E-state index in [4.69, 9.17) is 0 Å². The molecule has 186 valence electrons. The summed E-state index contributed by atoms with van der Waals surface area (Å²) in [6.07, 6.45) is 0. The molecule has 8 rings (SSSR count). The second-order valence-corrected chi connectivity index (χ2v) is 10.5. The lowest BCUT2D eigenvalue weighted by Gasteiger charge is -2.21. The van der Waals surface area contributed by atoms with Crippen LogP contribution in [0.25, 0.3) is 76.8 Å². The predicted molar refractivity (Wildman–Crippen MR) is 172 cm³/mol. The fourth-order valence-electron chi connectivity index (χ4n) is 6.47. The summed E-state index contributed by atoms with van der Waals surface area (Å²) in [5, 5.41) is 7.83. The Labute approximate surface area is 234 Å². The van der Waals surface area contributed by atoms with E-state index in [0.717, 1.165) is 0 Å². The second kappa shape index (κ2) is 9.22. The van der Waals surface area contributed by atoms with Crippen LogP contribution >= 0.6 is 0 Å². The van der Waals surface area contributed by atoms with E-state index in [0.29, 0.717) is 0 Å². The Hall–Kier alpha value is -5.20. The lowest BCUT2D eigenvalue weighted by atomic mass is 9.81. The third-order valence-electron chi connectivity index (χ3n) is 8.20. The quantitative estimate of drug-likeness (QED) is 0.208. The molecule has 0 heterocycles. The molecule has 0 N–H and O–H groups in total. The van der Waals surface area contributed by atoms with Gasteiger partial charge in [0.15, 0.2) is 0 Å². The van der Waals surface area contributed by atoms with Crippen molar-refractivity contribution in [3.8, 4) is 44.5 Å². The van der Waals surface area contributed by atoms with E-state index in [9.17, 15) is 0 Å². The van der Waals surface area contributed by atoms with E-state index in [1.807, 2.05) is 0 Å². The van der Waals surface area contributed by atoms with Crippen molar-refractivity contribution in [3.63, 3.8) is 0 Å². The number of hydrogen-bond acceptors (Lipinski definition) is 0. The average molecular weight is 507 g/mol. The van der Waals surface area contributed by atoms with Crippen LogP contribution in [0.15, 0.2) is 158 Å². The normalized spacial score (nSPS) is 11.5. The first kappa shape index (κ1) is 22.8. The maximum atomic E-state index is 2.40. The molecular weight excluding hydrogens is 480 g/mol. The summed E-state index contributed by atoms with van der Waals surface area (Å²) in [7, 11) is 0. The highest BCUT2D eigenvalue weighted by molar-refractivity contribution is 6.30. The molecule has 0 spiro atoms. The van der Waals surface area contributed by atoms with Crippen molar-refractivity contribution >= 4 is 32.3 Å². The molecule has 0 aliphatic heterocycles. The van der Waals surface area contributed by atoms with Crippen LogP contribution in [0.2, 0.25) is 0 Å². The molecule has 0 heteroatoms. The number of hydrogen-bond donors (Lipinski definition) is 0. The van der Waals surface area contributed by atoms with Gasteiger partial charge in [0.25, 0.3) is 0 Å². The fraction of sp³-hybridized carbons (Fsp3) is 0. The molecule has 0 saturated heterocycles. The van der Waals surface area contributed by atoms with Gasteiger partial charge in [-0.1, -0.05) is 146 Å². The highest BCUT2D eigenvalue weighted by atomic mass is 14.2. The maximum Gasteiger partial charge on any atom is -0.00199 e. The Kier molecular flexibility index (Phi) is 5.24. The zero-order valence-corrected chi connectivity index (χ0v) is 22.0. The van der Waals surface area contributed by atoms with Crippen LogP contribution in [0.1, 0.15) is 0 Å². The molecular formula is C40H26. The fourth-order valence-corrected chi connectivity index (χ4v) is 6.47. The molecule has 0 amide bonds. The molecule has 0 radical (unpaired) electrons. The summed E-state index contributed by atoms with van der Waals surface area (Å²) in [5.74, 6) is 0. The SMILES string of the molecule is c1ccc(-c2cc3ccc4c(-c5ccccc5)c(-c5ccccc5)cc5ccc(c2-c2ccccc2)c3c54)cc1. The first-order valence-electron chi connectivity index (χ1n) is 13.9. The van der Waals surface area contributed by atoms with E-state index in [2.05, 4.69) is 158 Å². The maximum absolute atomic E-state index is 2.40. The van der Waals surface area contributed by atoms with Gasteiger partial charge in [0.1, 0.15) is 0 Å². The third kappa shape index (κ3) is 3.54. The minimum Gasteiger partial charge on any atom is -0.0622 e. The molecule has 0 saturated carbocycles. The van der Waals surface area contributed by atoms with Crippen molar-refractivity contribution < 1.29 is 0 Å². The van der Waals surface area contributed by atoms with E-state index in [-0.39, 0.29) is 0 Å². The Morgan fingerprint density at radius 3 is 0.950 bits per heavy atom. The smallest absolute Gasteiger partial charge is 0.00199 e. The lowest BCUT2D eigenvalue weighted by Crippen LogP contribution is -1.94. The van der Waals surface area contributed by atoms with Gasteiger partial charge in [0.05, 0.1) is 0 Å². The summed E-state index contributed by atoms with van der Waals surface area (Å²) in [5.41, 5.74) is 10.1. The van der Waals surface area contributed by atoms with Crippen molar-refractivity contribution in [3.05, 3.63) is 158 Å². The first-order chi connectivity index (χ1) is 19.9. The molecule has 40 heavy (non-hydrogen) atoms. The van der Waals surface area contributed by atoms with Crippen LogP contribution in [0, 0.1) is 0 Å². The molecule has 0 nitrogen and oxygen atoms in total. The van der Waals surface area contributed by atoms with Gasteiger partial charge >= 0.3 is 0 Å². The minimum absolute atomic E-state index is 1.24. The molecule has 8 aromatic rings. The van der Waals surface area contributed by atoms with Crippen molar-refractivity contribution in [1.29, 1.82) is 0 Å².